The fourth-order valence-corrected chi connectivity index (χ4v) is 8.61. The number of carbonyl (C=O) groups is 1. The number of aliphatic hydroxyl groups excluding tert-OH is 1. The van der Waals surface area contributed by atoms with Crippen LogP contribution in [0.25, 0.3) is 0 Å². The molecule has 0 saturated carbocycles. The van der Waals surface area contributed by atoms with E-state index in [-0.39, 0.29) is 17.7 Å². The van der Waals surface area contributed by atoms with Crippen LogP contribution in [0, 0.1) is 0 Å². The molecule has 2 N–H and O–H groups in total. The number of amides is 1. The van der Waals surface area contributed by atoms with Gasteiger partial charge in [0.25, 0.3) is 8.32 Å². The first-order chi connectivity index (χ1) is 15.0. The van der Waals surface area contributed by atoms with E-state index in [4.69, 9.17) is 9.16 Å². The van der Waals surface area contributed by atoms with Crippen molar-refractivity contribution in [1.29, 1.82) is 0 Å². The zero-order valence-corrected chi connectivity index (χ0v) is 21.4. The van der Waals surface area contributed by atoms with Crippen LogP contribution in [-0.2, 0) is 9.16 Å². The standard InChI is InChI=1S/C26H39NO4Si/c1-25(2,3)31-24(29)27-21(20-28)14-13-19-30-32(26(4,5)6,22-15-9-7-10-16-22)23-17-11-8-12-18-23/h7-12,15-18,21,28H,13-14,19-20H2,1-6H3,(H,27,29)/t21-/m1/s1. The first kappa shape index (κ1) is 26.1. The maximum Gasteiger partial charge on any atom is 0.407 e. The second kappa shape index (κ2) is 11.1. The normalized spacial score (nSPS) is 13.5. The van der Waals surface area contributed by atoms with E-state index in [9.17, 15) is 9.90 Å². The molecular formula is C26H39NO4Si. The Balaban J connectivity index is 2.15. The van der Waals surface area contributed by atoms with Crippen molar-refractivity contribution in [3.63, 3.8) is 0 Å². The van der Waals surface area contributed by atoms with Gasteiger partial charge in [-0.1, -0.05) is 81.4 Å². The Hall–Kier alpha value is -2.15. The van der Waals surface area contributed by atoms with Crippen molar-refractivity contribution in [2.45, 2.75) is 71.1 Å². The van der Waals surface area contributed by atoms with Gasteiger partial charge in [0.15, 0.2) is 0 Å². The number of nitrogens with one attached hydrogen (secondary N) is 1. The third-order valence-corrected chi connectivity index (χ3v) is 10.4. The molecule has 0 fully saturated rings. The highest BCUT2D eigenvalue weighted by Gasteiger charge is 2.49. The molecule has 176 valence electrons. The molecule has 5 nitrogen and oxygen atoms in total. The van der Waals surface area contributed by atoms with Crippen molar-refractivity contribution < 1.29 is 19.1 Å². The number of benzene rings is 2. The fraction of sp³-hybridized carbons (Fsp3) is 0.500. The summed E-state index contributed by atoms with van der Waals surface area (Å²) in [6.07, 6.45) is 0.809. The smallest absolute Gasteiger partial charge is 0.407 e. The Morgan fingerprint density at radius 1 is 0.938 bits per heavy atom. The van der Waals surface area contributed by atoms with Crippen LogP contribution in [0.1, 0.15) is 54.4 Å². The van der Waals surface area contributed by atoms with Crippen molar-refractivity contribution in [1.82, 2.24) is 5.32 Å². The van der Waals surface area contributed by atoms with Crippen LogP contribution in [0.15, 0.2) is 60.7 Å². The fourth-order valence-electron chi connectivity index (χ4n) is 4.00. The van der Waals surface area contributed by atoms with Gasteiger partial charge in [-0.05, 0) is 49.0 Å². The van der Waals surface area contributed by atoms with Crippen LogP contribution in [-0.4, -0.2) is 44.4 Å². The lowest BCUT2D eigenvalue weighted by atomic mass is 10.2. The van der Waals surface area contributed by atoms with Crippen LogP contribution in [0.4, 0.5) is 4.79 Å². The highest BCUT2D eigenvalue weighted by Crippen LogP contribution is 2.36. The average molecular weight is 458 g/mol. The first-order valence-electron chi connectivity index (χ1n) is 11.3. The predicted molar refractivity (Wildman–Crippen MR) is 133 cm³/mol. The maximum atomic E-state index is 12.1. The minimum absolute atomic E-state index is 0.0825. The van der Waals surface area contributed by atoms with Crippen molar-refractivity contribution in [2.75, 3.05) is 13.2 Å². The highest BCUT2D eigenvalue weighted by molar-refractivity contribution is 6.99. The van der Waals surface area contributed by atoms with Gasteiger partial charge in [0.2, 0.25) is 0 Å². The molecule has 32 heavy (non-hydrogen) atoms. The molecule has 0 aliphatic carbocycles. The average Bonchev–Trinajstić information content (AvgIpc) is 2.72. The van der Waals surface area contributed by atoms with Gasteiger partial charge in [-0.15, -0.1) is 0 Å². The van der Waals surface area contributed by atoms with E-state index in [0.717, 1.165) is 0 Å². The number of carbonyl (C=O) groups excluding carboxylic acids is 1. The third-order valence-electron chi connectivity index (χ3n) is 5.37. The monoisotopic (exact) mass is 457 g/mol. The quantitative estimate of drug-likeness (QED) is 0.437. The zero-order valence-electron chi connectivity index (χ0n) is 20.4. The summed E-state index contributed by atoms with van der Waals surface area (Å²) in [5.74, 6) is 0. The van der Waals surface area contributed by atoms with Crippen molar-refractivity contribution in [2.24, 2.45) is 0 Å². The highest BCUT2D eigenvalue weighted by atomic mass is 28.4. The number of hydrogen-bond acceptors (Lipinski definition) is 4. The summed E-state index contributed by atoms with van der Waals surface area (Å²) < 4.78 is 12.2. The van der Waals surface area contributed by atoms with E-state index in [1.165, 1.54) is 10.4 Å². The molecule has 2 aromatic rings. The van der Waals surface area contributed by atoms with Crippen molar-refractivity contribution in [3.05, 3.63) is 60.7 Å². The molecule has 0 radical (unpaired) electrons. The van der Waals surface area contributed by atoms with Gasteiger partial charge in [0, 0.05) is 6.61 Å². The summed E-state index contributed by atoms with van der Waals surface area (Å²) >= 11 is 0. The molecular weight excluding hydrogens is 418 g/mol. The summed E-state index contributed by atoms with van der Waals surface area (Å²) in [5.41, 5.74) is -0.573. The van der Waals surface area contributed by atoms with Crippen LogP contribution in [0.5, 0.6) is 0 Å². The van der Waals surface area contributed by atoms with E-state index >= 15 is 0 Å². The lowest BCUT2D eigenvalue weighted by Crippen LogP contribution is -2.66. The molecule has 0 aliphatic rings. The molecule has 0 unspecified atom stereocenters. The summed E-state index contributed by atoms with van der Waals surface area (Å²) in [6.45, 7) is 12.6. The lowest BCUT2D eigenvalue weighted by molar-refractivity contribution is 0.0476. The molecule has 0 saturated heterocycles. The minimum atomic E-state index is -2.57. The maximum absolute atomic E-state index is 12.1. The SMILES string of the molecule is CC(C)(C)OC(=O)N[C@@H](CO)CCCO[Si](c1ccccc1)(c1ccccc1)C(C)(C)C. The summed E-state index contributed by atoms with van der Waals surface area (Å²) in [7, 11) is -2.57. The summed E-state index contributed by atoms with van der Waals surface area (Å²) in [4.78, 5) is 12.1. The number of rotatable bonds is 9. The zero-order chi connectivity index (χ0) is 23.8. The number of alkyl carbamates (subject to hydrolysis) is 1. The van der Waals surface area contributed by atoms with E-state index in [0.29, 0.717) is 19.4 Å². The number of aliphatic hydroxyl groups is 1. The van der Waals surface area contributed by atoms with E-state index < -0.39 is 20.0 Å². The van der Waals surface area contributed by atoms with Crippen LogP contribution in [0.3, 0.4) is 0 Å². The van der Waals surface area contributed by atoms with E-state index in [1.54, 1.807) is 0 Å². The Bertz CT molecular complexity index is 789. The number of ether oxygens (including phenoxy) is 1. The van der Waals surface area contributed by atoms with Crippen molar-refractivity contribution >= 4 is 24.8 Å². The Morgan fingerprint density at radius 3 is 1.84 bits per heavy atom. The predicted octanol–water partition coefficient (Wildman–Crippen LogP) is 4.23. The van der Waals surface area contributed by atoms with Crippen LogP contribution >= 0.6 is 0 Å². The van der Waals surface area contributed by atoms with Gasteiger partial charge in [0.1, 0.15) is 5.60 Å². The van der Waals surface area contributed by atoms with Gasteiger partial charge in [-0.2, -0.15) is 0 Å². The molecule has 2 rings (SSSR count). The molecule has 0 heterocycles. The first-order valence-corrected chi connectivity index (χ1v) is 13.3. The third kappa shape index (κ3) is 6.92. The largest absolute Gasteiger partial charge is 0.444 e. The second-order valence-corrected chi connectivity index (χ2v) is 14.5. The summed E-state index contributed by atoms with van der Waals surface area (Å²) in [5, 5.41) is 14.9. The lowest BCUT2D eigenvalue weighted by Gasteiger charge is -2.43. The second-order valence-electron chi connectivity index (χ2n) is 10.2. The van der Waals surface area contributed by atoms with E-state index in [1.807, 2.05) is 32.9 Å². The molecule has 0 bridgehead atoms. The van der Waals surface area contributed by atoms with Gasteiger partial charge in [-0.3, -0.25) is 0 Å². The number of hydrogen-bond donors (Lipinski definition) is 2. The minimum Gasteiger partial charge on any atom is -0.444 e. The molecule has 6 heteroatoms. The Labute approximate surface area is 194 Å². The van der Waals surface area contributed by atoms with Crippen LogP contribution < -0.4 is 15.7 Å². The van der Waals surface area contributed by atoms with E-state index in [2.05, 4.69) is 74.6 Å². The van der Waals surface area contributed by atoms with Gasteiger partial charge >= 0.3 is 6.09 Å². The molecule has 0 spiro atoms. The Kier molecular flexibility index (Phi) is 9.07. The van der Waals surface area contributed by atoms with Gasteiger partial charge in [-0.25, -0.2) is 4.79 Å². The van der Waals surface area contributed by atoms with Crippen LogP contribution in [0.2, 0.25) is 5.04 Å². The molecule has 0 aromatic heterocycles. The molecule has 0 aliphatic heterocycles. The van der Waals surface area contributed by atoms with Gasteiger partial charge < -0.3 is 19.6 Å². The molecule has 1 atom stereocenters. The van der Waals surface area contributed by atoms with Gasteiger partial charge in [0.05, 0.1) is 12.6 Å². The van der Waals surface area contributed by atoms with Crippen molar-refractivity contribution in [3.8, 4) is 0 Å². The molecule has 1 amide bonds. The summed E-state index contributed by atoms with van der Waals surface area (Å²) in [6, 6.07) is 20.7. The topological polar surface area (TPSA) is 67.8 Å². The Morgan fingerprint density at radius 2 is 1.44 bits per heavy atom. The molecule has 2 aromatic carbocycles.